The Labute approximate surface area is 142 Å². The summed E-state index contributed by atoms with van der Waals surface area (Å²) in [5, 5.41) is 7.09. The van der Waals surface area contributed by atoms with Gasteiger partial charge in [-0.05, 0) is 12.0 Å². The normalized spacial score (nSPS) is 18.0. The Kier molecular flexibility index (Phi) is 4.26. The van der Waals surface area contributed by atoms with Gasteiger partial charge in [-0.25, -0.2) is 14.8 Å². The van der Waals surface area contributed by atoms with Gasteiger partial charge in [0, 0.05) is 37.7 Å². The van der Waals surface area contributed by atoms with Gasteiger partial charge in [0.1, 0.15) is 5.82 Å². The Morgan fingerprint density at radius 2 is 1.96 bits per heavy atom. The van der Waals surface area contributed by atoms with Gasteiger partial charge >= 0.3 is 6.03 Å². The number of amides is 2. The average molecular weight is 328 g/mol. The molecule has 0 aliphatic carbocycles. The number of nitrogens with one attached hydrogen (secondary N) is 1. The summed E-state index contributed by atoms with van der Waals surface area (Å²) in [5.74, 6) is 1.11. The van der Waals surface area contributed by atoms with E-state index in [1.165, 1.54) is 5.56 Å². The van der Waals surface area contributed by atoms with E-state index in [0.717, 1.165) is 18.8 Å². The van der Waals surface area contributed by atoms with Crippen LogP contribution in [0.2, 0.25) is 0 Å². The van der Waals surface area contributed by atoms with Gasteiger partial charge in [-0.1, -0.05) is 20.8 Å². The molecule has 3 heterocycles. The molecule has 7 heteroatoms. The van der Waals surface area contributed by atoms with Crippen molar-refractivity contribution < 1.29 is 4.79 Å². The standard InChI is InChI=1S/C17H24N6O/c1-17(2,3)15-18-8-14(9-19-15)21-16(24)23-6-5-12(11-23)13-7-20-22(4)10-13/h7-10,12H,5-6,11H2,1-4H3,(H,21,24). The van der Waals surface area contributed by atoms with Crippen LogP contribution in [0.1, 0.15) is 44.5 Å². The molecular weight excluding hydrogens is 304 g/mol. The summed E-state index contributed by atoms with van der Waals surface area (Å²) < 4.78 is 1.80. The number of urea groups is 1. The number of aryl methyl sites for hydroxylation is 1. The van der Waals surface area contributed by atoms with Crippen LogP contribution >= 0.6 is 0 Å². The van der Waals surface area contributed by atoms with Gasteiger partial charge in [-0.15, -0.1) is 0 Å². The maximum atomic E-state index is 12.4. The minimum atomic E-state index is -0.103. The number of hydrogen-bond donors (Lipinski definition) is 1. The van der Waals surface area contributed by atoms with Gasteiger partial charge in [-0.3, -0.25) is 4.68 Å². The Bertz CT molecular complexity index is 715. The molecule has 0 radical (unpaired) electrons. The molecule has 2 aromatic heterocycles. The minimum Gasteiger partial charge on any atom is -0.324 e. The highest BCUT2D eigenvalue weighted by Gasteiger charge is 2.28. The molecule has 0 spiro atoms. The van der Waals surface area contributed by atoms with Crippen LogP contribution in [0.4, 0.5) is 10.5 Å². The molecule has 128 valence electrons. The lowest BCUT2D eigenvalue weighted by molar-refractivity contribution is 0.222. The monoisotopic (exact) mass is 328 g/mol. The molecule has 2 aromatic rings. The van der Waals surface area contributed by atoms with Crippen LogP contribution in [-0.4, -0.2) is 43.8 Å². The minimum absolute atomic E-state index is 0.103. The van der Waals surface area contributed by atoms with Crippen LogP contribution in [0.3, 0.4) is 0 Å². The fourth-order valence-electron chi connectivity index (χ4n) is 2.85. The summed E-state index contributed by atoms with van der Waals surface area (Å²) in [6.45, 7) is 7.63. The molecule has 2 amide bonds. The molecule has 1 aliphatic heterocycles. The number of hydrogen-bond acceptors (Lipinski definition) is 4. The molecule has 0 saturated carbocycles. The van der Waals surface area contributed by atoms with E-state index in [4.69, 9.17) is 0 Å². The Hall–Kier alpha value is -2.44. The Morgan fingerprint density at radius 1 is 1.25 bits per heavy atom. The highest BCUT2D eigenvalue weighted by Crippen LogP contribution is 2.27. The topological polar surface area (TPSA) is 75.9 Å². The van der Waals surface area contributed by atoms with E-state index in [1.807, 2.05) is 24.3 Å². The number of carbonyl (C=O) groups excluding carboxylic acids is 1. The van der Waals surface area contributed by atoms with Gasteiger partial charge in [0.25, 0.3) is 0 Å². The number of rotatable bonds is 2. The van der Waals surface area contributed by atoms with Crippen molar-refractivity contribution in [2.75, 3.05) is 18.4 Å². The highest BCUT2D eigenvalue weighted by atomic mass is 16.2. The molecule has 0 bridgehead atoms. The summed E-state index contributed by atoms with van der Waals surface area (Å²) >= 11 is 0. The summed E-state index contributed by atoms with van der Waals surface area (Å²) in [5.41, 5.74) is 1.71. The predicted octanol–water partition coefficient (Wildman–Crippen LogP) is 2.53. The average Bonchev–Trinajstić information content (AvgIpc) is 3.15. The van der Waals surface area contributed by atoms with E-state index in [0.29, 0.717) is 18.2 Å². The number of nitrogens with zero attached hydrogens (tertiary/aromatic N) is 5. The summed E-state index contributed by atoms with van der Waals surface area (Å²) in [6, 6.07) is -0.103. The first-order valence-corrected chi connectivity index (χ1v) is 8.20. The van der Waals surface area contributed by atoms with E-state index in [2.05, 4.69) is 41.2 Å². The summed E-state index contributed by atoms with van der Waals surface area (Å²) in [6.07, 6.45) is 8.19. The molecule has 24 heavy (non-hydrogen) atoms. The van der Waals surface area contributed by atoms with Crippen molar-refractivity contribution in [3.05, 3.63) is 36.2 Å². The van der Waals surface area contributed by atoms with E-state index in [1.54, 1.807) is 17.1 Å². The smallest absolute Gasteiger partial charge is 0.321 e. The number of anilines is 1. The second-order valence-electron chi connectivity index (χ2n) is 7.35. The summed E-state index contributed by atoms with van der Waals surface area (Å²) in [7, 11) is 1.91. The van der Waals surface area contributed by atoms with Crippen molar-refractivity contribution in [2.45, 2.75) is 38.5 Å². The van der Waals surface area contributed by atoms with Crippen LogP contribution < -0.4 is 5.32 Å². The Morgan fingerprint density at radius 3 is 2.54 bits per heavy atom. The van der Waals surface area contributed by atoms with Crippen molar-refractivity contribution in [1.82, 2.24) is 24.6 Å². The van der Waals surface area contributed by atoms with Gasteiger partial charge in [0.15, 0.2) is 0 Å². The first-order valence-electron chi connectivity index (χ1n) is 8.20. The van der Waals surface area contributed by atoms with E-state index < -0.39 is 0 Å². The van der Waals surface area contributed by atoms with Crippen molar-refractivity contribution in [3.8, 4) is 0 Å². The zero-order valence-corrected chi connectivity index (χ0v) is 14.7. The first kappa shape index (κ1) is 16.4. The second-order valence-corrected chi connectivity index (χ2v) is 7.35. The molecule has 1 atom stereocenters. The van der Waals surface area contributed by atoms with Crippen molar-refractivity contribution >= 4 is 11.7 Å². The quantitative estimate of drug-likeness (QED) is 0.919. The highest BCUT2D eigenvalue weighted by molar-refractivity contribution is 5.89. The molecule has 3 rings (SSSR count). The van der Waals surface area contributed by atoms with Crippen LogP contribution in [0.15, 0.2) is 24.8 Å². The lowest BCUT2D eigenvalue weighted by Crippen LogP contribution is -2.33. The predicted molar refractivity (Wildman–Crippen MR) is 91.9 cm³/mol. The lowest BCUT2D eigenvalue weighted by Gasteiger charge is -2.18. The van der Waals surface area contributed by atoms with E-state index in [-0.39, 0.29) is 11.4 Å². The molecule has 1 unspecified atom stereocenters. The van der Waals surface area contributed by atoms with Gasteiger partial charge < -0.3 is 10.2 Å². The maximum Gasteiger partial charge on any atom is 0.321 e. The third-order valence-electron chi connectivity index (χ3n) is 4.25. The largest absolute Gasteiger partial charge is 0.324 e. The summed E-state index contributed by atoms with van der Waals surface area (Å²) in [4.78, 5) is 22.9. The third kappa shape index (κ3) is 3.55. The molecule has 7 nitrogen and oxygen atoms in total. The molecule has 1 aliphatic rings. The molecule has 0 aromatic carbocycles. The van der Waals surface area contributed by atoms with Gasteiger partial charge in [0.2, 0.25) is 0 Å². The second kappa shape index (κ2) is 6.22. The SMILES string of the molecule is Cn1cc(C2CCN(C(=O)Nc3cnc(C(C)(C)C)nc3)C2)cn1. The fraction of sp³-hybridized carbons (Fsp3) is 0.529. The van der Waals surface area contributed by atoms with Gasteiger partial charge in [0.05, 0.1) is 24.3 Å². The number of likely N-dealkylation sites (tertiary alicyclic amines) is 1. The first-order chi connectivity index (χ1) is 11.3. The maximum absolute atomic E-state index is 12.4. The zero-order chi connectivity index (χ0) is 17.3. The van der Waals surface area contributed by atoms with Crippen LogP contribution in [0, 0.1) is 0 Å². The Balaban J connectivity index is 1.59. The van der Waals surface area contributed by atoms with Gasteiger partial charge in [-0.2, -0.15) is 5.10 Å². The van der Waals surface area contributed by atoms with E-state index >= 15 is 0 Å². The van der Waals surface area contributed by atoms with Crippen LogP contribution in [0.5, 0.6) is 0 Å². The molecule has 1 N–H and O–H groups in total. The molecule has 1 saturated heterocycles. The third-order valence-corrected chi connectivity index (χ3v) is 4.25. The zero-order valence-electron chi connectivity index (χ0n) is 14.7. The molecular formula is C17H24N6O. The van der Waals surface area contributed by atoms with Crippen molar-refractivity contribution in [1.29, 1.82) is 0 Å². The molecule has 1 fully saturated rings. The van der Waals surface area contributed by atoms with E-state index in [9.17, 15) is 4.79 Å². The van der Waals surface area contributed by atoms with Crippen molar-refractivity contribution in [3.63, 3.8) is 0 Å². The number of carbonyl (C=O) groups is 1. The van der Waals surface area contributed by atoms with Crippen molar-refractivity contribution in [2.24, 2.45) is 7.05 Å². The lowest BCUT2D eigenvalue weighted by atomic mass is 9.96. The number of aromatic nitrogens is 4. The van der Waals surface area contributed by atoms with Crippen LogP contribution in [-0.2, 0) is 12.5 Å². The fourth-order valence-corrected chi connectivity index (χ4v) is 2.85. The van der Waals surface area contributed by atoms with Crippen LogP contribution in [0.25, 0.3) is 0 Å².